The summed E-state index contributed by atoms with van der Waals surface area (Å²) in [6.07, 6.45) is 10.6. The highest BCUT2D eigenvalue weighted by atomic mass is 16.5. The van der Waals surface area contributed by atoms with Gasteiger partial charge in [-0.15, -0.1) is 0 Å². The lowest BCUT2D eigenvalue weighted by Crippen LogP contribution is -2.33. The van der Waals surface area contributed by atoms with Gasteiger partial charge in [-0.2, -0.15) is 0 Å². The van der Waals surface area contributed by atoms with Crippen LogP contribution in [-0.2, 0) is 4.79 Å². The molecule has 7 heteroatoms. The van der Waals surface area contributed by atoms with Gasteiger partial charge in [0.25, 0.3) is 0 Å². The lowest BCUT2D eigenvalue weighted by atomic mass is 9.86. The van der Waals surface area contributed by atoms with Crippen LogP contribution in [-0.4, -0.2) is 46.6 Å². The zero-order chi connectivity index (χ0) is 21.3. The molecule has 2 aromatic heterocycles. The normalized spacial score (nSPS) is 20.0. The van der Waals surface area contributed by atoms with Gasteiger partial charge in [0.1, 0.15) is 0 Å². The summed E-state index contributed by atoms with van der Waals surface area (Å²) in [5, 5.41) is 4.13. The number of nitrogens with zero attached hydrogens (tertiary/aromatic N) is 5. The van der Waals surface area contributed by atoms with Crippen molar-refractivity contribution >= 4 is 11.9 Å². The third kappa shape index (κ3) is 4.07. The van der Waals surface area contributed by atoms with E-state index in [9.17, 15) is 4.79 Å². The number of aryl methyl sites for hydroxylation is 1. The summed E-state index contributed by atoms with van der Waals surface area (Å²) in [5.41, 5.74) is 3.59. The van der Waals surface area contributed by atoms with E-state index < -0.39 is 0 Å². The fourth-order valence-corrected chi connectivity index (χ4v) is 4.80. The zero-order valence-corrected chi connectivity index (χ0v) is 18.6. The molecule has 2 aliphatic rings. The fourth-order valence-electron chi connectivity index (χ4n) is 4.80. The Balaban J connectivity index is 1.67. The Morgan fingerprint density at radius 1 is 1.17 bits per heavy atom. The molecule has 2 aromatic rings. The fraction of sp³-hybridized carbons (Fsp3) is 0.652. The van der Waals surface area contributed by atoms with Crippen LogP contribution in [0.2, 0.25) is 0 Å². The van der Waals surface area contributed by atoms with Gasteiger partial charge in [-0.25, -0.2) is 9.97 Å². The molecule has 0 aromatic carbocycles. The largest absolute Gasteiger partial charge is 0.356 e. The second-order valence-electron chi connectivity index (χ2n) is 9.04. The molecular weight excluding hydrogens is 378 g/mol. The topological polar surface area (TPSA) is 75.4 Å². The molecule has 0 radical (unpaired) electrons. The summed E-state index contributed by atoms with van der Waals surface area (Å²) >= 11 is 0. The number of carbonyl (C=O) groups excluding carboxylic acids is 1. The number of amides is 1. The van der Waals surface area contributed by atoms with E-state index in [4.69, 9.17) is 9.51 Å². The maximum atomic E-state index is 13.3. The third-order valence-electron chi connectivity index (χ3n) is 6.68. The highest BCUT2D eigenvalue weighted by Gasteiger charge is 2.35. The summed E-state index contributed by atoms with van der Waals surface area (Å²) in [4.78, 5) is 26.6. The minimum absolute atomic E-state index is 0.0393. The SMILES string of the molecule is Cc1noc(-c2cnc(N(C)C)nc2[C@@H]2CCCN2C(=O)CC2CCCCC2)c1C. The second-order valence-corrected chi connectivity index (χ2v) is 9.04. The molecule has 2 fully saturated rings. The van der Waals surface area contributed by atoms with Crippen LogP contribution in [0.3, 0.4) is 0 Å². The molecule has 0 unspecified atom stereocenters. The molecule has 1 aliphatic heterocycles. The number of carbonyl (C=O) groups is 1. The van der Waals surface area contributed by atoms with Crippen molar-refractivity contribution in [3.8, 4) is 11.3 Å². The van der Waals surface area contributed by atoms with Gasteiger partial charge in [0.05, 0.1) is 23.0 Å². The van der Waals surface area contributed by atoms with Crippen molar-refractivity contribution in [3.63, 3.8) is 0 Å². The van der Waals surface area contributed by atoms with E-state index in [0.29, 0.717) is 24.0 Å². The number of rotatable bonds is 5. The van der Waals surface area contributed by atoms with E-state index in [1.54, 1.807) is 0 Å². The molecule has 1 atom stereocenters. The van der Waals surface area contributed by atoms with Gasteiger partial charge < -0.3 is 14.3 Å². The van der Waals surface area contributed by atoms with E-state index >= 15 is 0 Å². The van der Waals surface area contributed by atoms with Crippen molar-refractivity contribution in [2.24, 2.45) is 5.92 Å². The Hall–Kier alpha value is -2.44. The van der Waals surface area contributed by atoms with Crippen molar-refractivity contribution in [3.05, 3.63) is 23.1 Å². The molecule has 1 aliphatic carbocycles. The minimum Gasteiger partial charge on any atom is -0.356 e. The highest BCUT2D eigenvalue weighted by molar-refractivity contribution is 5.78. The summed E-state index contributed by atoms with van der Waals surface area (Å²) in [7, 11) is 3.87. The number of aromatic nitrogens is 3. The average molecular weight is 412 g/mol. The van der Waals surface area contributed by atoms with Crippen LogP contribution in [0.4, 0.5) is 5.95 Å². The Kier molecular flexibility index (Phi) is 6.06. The molecule has 30 heavy (non-hydrogen) atoms. The van der Waals surface area contributed by atoms with E-state index in [0.717, 1.165) is 41.9 Å². The molecule has 162 valence electrons. The lowest BCUT2D eigenvalue weighted by Gasteiger charge is -2.29. The number of anilines is 1. The Morgan fingerprint density at radius 3 is 2.60 bits per heavy atom. The van der Waals surface area contributed by atoms with Gasteiger partial charge in [-0.3, -0.25) is 4.79 Å². The number of likely N-dealkylation sites (tertiary alicyclic amines) is 1. The van der Waals surface area contributed by atoms with Crippen molar-refractivity contribution in [2.75, 3.05) is 25.5 Å². The molecular formula is C23H33N5O2. The van der Waals surface area contributed by atoms with E-state index in [-0.39, 0.29) is 11.9 Å². The summed E-state index contributed by atoms with van der Waals surface area (Å²) in [6, 6.07) is -0.0393. The van der Waals surface area contributed by atoms with Crippen LogP contribution in [0.1, 0.15) is 74.4 Å². The predicted molar refractivity (Wildman–Crippen MR) is 116 cm³/mol. The molecule has 1 saturated carbocycles. The first-order valence-electron chi connectivity index (χ1n) is 11.2. The Bertz CT molecular complexity index is 901. The van der Waals surface area contributed by atoms with Gasteiger partial charge in [0, 0.05) is 38.8 Å². The maximum Gasteiger partial charge on any atom is 0.225 e. The van der Waals surface area contributed by atoms with Gasteiger partial charge in [0.2, 0.25) is 11.9 Å². The molecule has 0 bridgehead atoms. The quantitative estimate of drug-likeness (QED) is 0.724. The zero-order valence-electron chi connectivity index (χ0n) is 18.6. The molecule has 3 heterocycles. The van der Waals surface area contributed by atoms with E-state index in [2.05, 4.69) is 15.0 Å². The summed E-state index contributed by atoms with van der Waals surface area (Å²) < 4.78 is 5.65. The standard InChI is InChI=1S/C23H33N5O2/c1-15-16(2)26-30-22(15)18-14-24-23(27(3)4)25-21(18)19-11-8-12-28(19)20(29)13-17-9-6-5-7-10-17/h14,17,19H,5-13H2,1-4H3/t19-/m0/s1. The van der Waals surface area contributed by atoms with Gasteiger partial charge in [-0.05, 0) is 45.4 Å². The first-order valence-corrected chi connectivity index (χ1v) is 11.2. The Labute approximate surface area is 178 Å². The van der Waals surface area contributed by atoms with Crippen LogP contribution >= 0.6 is 0 Å². The number of hydrogen-bond acceptors (Lipinski definition) is 6. The Morgan fingerprint density at radius 2 is 1.93 bits per heavy atom. The average Bonchev–Trinajstić information content (AvgIpc) is 3.36. The van der Waals surface area contributed by atoms with Crippen molar-refractivity contribution in [2.45, 2.75) is 71.3 Å². The van der Waals surface area contributed by atoms with Crippen molar-refractivity contribution < 1.29 is 9.32 Å². The minimum atomic E-state index is -0.0393. The van der Waals surface area contributed by atoms with Crippen LogP contribution in [0.5, 0.6) is 0 Å². The highest BCUT2D eigenvalue weighted by Crippen LogP contribution is 2.39. The monoisotopic (exact) mass is 411 g/mol. The molecule has 1 saturated heterocycles. The predicted octanol–water partition coefficient (Wildman–Crippen LogP) is 4.45. The first kappa shape index (κ1) is 20.8. The molecule has 7 nitrogen and oxygen atoms in total. The smallest absolute Gasteiger partial charge is 0.225 e. The molecule has 0 N–H and O–H groups in total. The van der Waals surface area contributed by atoms with E-state index in [1.165, 1.54) is 32.1 Å². The second kappa shape index (κ2) is 8.74. The van der Waals surface area contributed by atoms with Crippen LogP contribution in [0, 0.1) is 19.8 Å². The summed E-state index contributed by atoms with van der Waals surface area (Å²) in [6.45, 7) is 4.74. The lowest BCUT2D eigenvalue weighted by molar-refractivity contribution is -0.133. The van der Waals surface area contributed by atoms with Crippen LogP contribution in [0.25, 0.3) is 11.3 Å². The first-order chi connectivity index (χ1) is 14.5. The molecule has 4 rings (SSSR count). The van der Waals surface area contributed by atoms with Gasteiger partial charge in [0.15, 0.2) is 5.76 Å². The molecule has 0 spiro atoms. The van der Waals surface area contributed by atoms with E-state index in [1.807, 2.05) is 39.0 Å². The molecule has 1 amide bonds. The van der Waals surface area contributed by atoms with Gasteiger partial charge >= 0.3 is 0 Å². The maximum absolute atomic E-state index is 13.3. The number of hydrogen-bond donors (Lipinski definition) is 0. The van der Waals surface area contributed by atoms with Crippen LogP contribution in [0.15, 0.2) is 10.7 Å². The third-order valence-corrected chi connectivity index (χ3v) is 6.68. The van der Waals surface area contributed by atoms with Crippen LogP contribution < -0.4 is 4.90 Å². The summed E-state index contributed by atoms with van der Waals surface area (Å²) in [5.74, 6) is 2.16. The van der Waals surface area contributed by atoms with Crippen molar-refractivity contribution in [1.29, 1.82) is 0 Å². The van der Waals surface area contributed by atoms with Gasteiger partial charge in [-0.1, -0.05) is 24.4 Å². The van der Waals surface area contributed by atoms with Crippen molar-refractivity contribution in [1.82, 2.24) is 20.0 Å².